The highest BCUT2D eigenvalue weighted by atomic mass is 79.9. The Morgan fingerprint density at radius 1 is 1.45 bits per heavy atom. The van der Waals surface area contributed by atoms with Crippen LogP contribution >= 0.6 is 39.0 Å². The molecule has 0 amide bonds. The molecule has 1 N–H and O–H groups in total. The Hall–Kier alpha value is -1.79. The van der Waals surface area contributed by atoms with Gasteiger partial charge in [0.1, 0.15) is 10.9 Å². The van der Waals surface area contributed by atoms with Gasteiger partial charge in [-0.1, -0.05) is 12.1 Å². The number of nitrogens with one attached hydrogen (secondary N) is 1. The molecule has 0 unspecified atom stereocenters. The standard InChI is InChI=1S/C20H21BrClN3O3S/c1-2-27-17(26)12-28-19-16(11-23)29-20(18(19)21)13-4-3-5-15(10-13)24-14-6-8-25(22)9-7-14/h3-5,10,14,24H,2,6-9,12H2,1H3. The predicted octanol–water partition coefficient (Wildman–Crippen LogP) is 5.02. The number of rotatable bonds is 7. The topological polar surface area (TPSA) is 74.6 Å². The van der Waals surface area contributed by atoms with E-state index >= 15 is 0 Å². The Balaban J connectivity index is 1.78. The first-order valence-corrected chi connectivity index (χ1v) is 11.2. The van der Waals surface area contributed by atoms with Crippen LogP contribution in [-0.2, 0) is 9.53 Å². The maximum absolute atomic E-state index is 11.6. The van der Waals surface area contributed by atoms with Crippen molar-refractivity contribution in [2.75, 3.05) is 31.6 Å². The lowest BCUT2D eigenvalue weighted by Gasteiger charge is -2.28. The third kappa shape index (κ3) is 5.64. The number of carbonyl (C=O) groups excluding carboxylic acids is 1. The summed E-state index contributed by atoms with van der Waals surface area (Å²) in [6, 6.07) is 10.6. The summed E-state index contributed by atoms with van der Waals surface area (Å²) in [6.45, 7) is 3.51. The summed E-state index contributed by atoms with van der Waals surface area (Å²) in [5.74, 6) is -0.0985. The SMILES string of the molecule is CCOC(=O)COc1c(C#N)sc(-c2cccc(NC3CCN(Cl)CC3)c2)c1Br. The maximum atomic E-state index is 11.6. The third-order valence-corrected chi connectivity index (χ3v) is 6.97. The largest absolute Gasteiger partial charge is 0.478 e. The number of halogens is 2. The van der Waals surface area contributed by atoms with E-state index in [1.54, 1.807) is 6.92 Å². The van der Waals surface area contributed by atoms with E-state index in [1.165, 1.54) is 11.3 Å². The van der Waals surface area contributed by atoms with Crippen molar-refractivity contribution in [3.8, 4) is 22.3 Å². The molecule has 0 bridgehead atoms. The zero-order chi connectivity index (χ0) is 20.8. The molecular formula is C20H21BrClN3O3S. The average Bonchev–Trinajstić information content (AvgIpc) is 3.04. The number of carbonyl (C=O) groups is 1. The number of hydrogen-bond acceptors (Lipinski definition) is 7. The van der Waals surface area contributed by atoms with Crippen LogP contribution in [0.5, 0.6) is 5.75 Å². The summed E-state index contributed by atoms with van der Waals surface area (Å²) in [5.41, 5.74) is 1.98. The van der Waals surface area contributed by atoms with Crippen LogP contribution in [0.1, 0.15) is 24.6 Å². The van der Waals surface area contributed by atoms with Crippen molar-refractivity contribution in [1.29, 1.82) is 5.26 Å². The fourth-order valence-corrected chi connectivity index (χ4v) is 5.14. The molecule has 1 fully saturated rings. The zero-order valence-corrected chi connectivity index (χ0v) is 19.1. The molecule has 0 radical (unpaired) electrons. The van der Waals surface area contributed by atoms with Gasteiger partial charge in [-0.3, -0.25) is 0 Å². The van der Waals surface area contributed by atoms with Gasteiger partial charge < -0.3 is 14.8 Å². The van der Waals surface area contributed by atoms with Crippen molar-refractivity contribution in [3.05, 3.63) is 33.6 Å². The Bertz CT molecular complexity index is 907. The van der Waals surface area contributed by atoms with E-state index in [-0.39, 0.29) is 13.2 Å². The monoisotopic (exact) mass is 497 g/mol. The van der Waals surface area contributed by atoms with Crippen molar-refractivity contribution < 1.29 is 14.3 Å². The molecule has 1 aliphatic heterocycles. The molecule has 1 aromatic heterocycles. The molecule has 1 aliphatic rings. The first kappa shape index (κ1) is 21.9. The molecule has 9 heteroatoms. The smallest absolute Gasteiger partial charge is 0.344 e. The van der Waals surface area contributed by atoms with Gasteiger partial charge in [-0.15, -0.1) is 11.3 Å². The molecule has 1 aromatic carbocycles. The van der Waals surface area contributed by atoms with Crippen molar-refractivity contribution in [2.24, 2.45) is 0 Å². The molecule has 0 atom stereocenters. The molecule has 0 aliphatic carbocycles. The summed E-state index contributed by atoms with van der Waals surface area (Å²) >= 11 is 10.9. The van der Waals surface area contributed by atoms with Crippen molar-refractivity contribution in [3.63, 3.8) is 0 Å². The molecule has 2 heterocycles. The Kier molecular flexibility index (Phi) is 7.78. The zero-order valence-electron chi connectivity index (χ0n) is 15.9. The van der Waals surface area contributed by atoms with Crippen molar-refractivity contribution in [1.82, 2.24) is 4.42 Å². The van der Waals surface area contributed by atoms with E-state index in [0.717, 1.165) is 42.1 Å². The minimum Gasteiger partial charge on any atom is -0.478 e. The van der Waals surface area contributed by atoms with E-state index in [9.17, 15) is 10.1 Å². The van der Waals surface area contributed by atoms with Crippen molar-refractivity contribution in [2.45, 2.75) is 25.8 Å². The van der Waals surface area contributed by atoms with Crippen LogP contribution in [0.25, 0.3) is 10.4 Å². The van der Waals surface area contributed by atoms with Gasteiger partial charge in [0.25, 0.3) is 0 Å². The van der Waals surface area contributed by atoms with E-state index in [0.29, 0.717) is 21.1 Å². The maximum Gasteiger partial charge on any atom is 0.344 e. The van der Waals surface area contributed by atoms with Crippen LogP contribution in [0.15, 0.2) is 28.7 Å². The number of benzene rings is 1. The molecular weight excluding hydrogens is 478 g/mol. The van der Waals surface area contributed by atoms with E-state index in [2.05, 4.69) is 33.4 Å². The van der Waals surface area contributed by atoms with Crippen LogP contribution in [-0.4, -0.2) is 42.7 Å². The third-order valence-electron chi connectivity index (χ3n) is 4.49. The van der Waals surface area contributed by atoms with Gasteiger partial charge in [0.15, 0.2) is 12.4 Å². The van der Waals surface area contributed by atoms with Gasteiger partial charge >= 0.3 is 5.97 Å². The molecule has 0 spiro atoms. The molecule has 1 saturated heterocycles. The summed E-state index contributed by atoms with van der Waals surface area (Å²) in [6.07, 6.45) is 1.97. The number of esters is 1. The Morgan fingerprint density at radius 3 is 2.90 bits per heavy atom. The minimum atomic E-state index is -0.467. The van der Waals surface area contributed by atoms with E-state index in [4.69, 9.17) is 21.3 Å². The second kappa shape index (κ2) is 10.3. The van der Waals surface area contributed by atoms with Crippen LogP contribution in [0, 0.1) is 11.3 Å². The minimum absolute atomic E-state index is 0.238. The summed E-state index contributed by atoms with van der Waals surface area (Å²) in [5, 5.41) is 13.0. The van der Waals surface area contributed by atoms with Crippen LogP contribution in [0.2, 0.25) is 0 Å². The number of hydrogen-bond donors (Lipinski definition) is 1. The van der Waals surface area contributed by atoms with Crippen LogP contribution in [0.3, 0.4) is 0 Å². The molecule has 3 rings (SSSR count). The lowest BCUT2D eigenvalue weighted by atomic mass is 10.1. The number of piperidine rings is 1. The number of nitrogens with zero attached hydrogens (tertiary/aromatic N) is 2. The number of nitriles is 1. The highest BCUT2D eigenvalue weighted by Crippen LogP contribution is 2.45. The van der Waals surface area contributed by atoms with Gasteiger partial charge in [0.05, 0.1) is 16.0 Å². The molecule has 154 valence electrons. The second-order valence-corrected chi connectivity index (χ2v) is 8.81. The summed E-state index contributed by atoms with van der Waals surface area (Å²) in [7, 11) is 0. The Morgan fingerprint density at radius 2 is 2.21 bits per heavy atom. The highest BCUT2D eigenvalue weighted by Gasteiger charge is 2.21. The highest BCUT2D eigenvalue weighted by molar-refractivity contribution is 9.10. The average molecular weight is 499 g/mol. The summed E-state index contributed by atoms with van der Waals surface area (Å²) in [4.78, 5) is 12.9. The predicted molar refractivity (Wildman–Crippen MR) is 118 cm³/mol. The second-order valence-electron chi connectivity index (χ2n) is 6.52. The lowest BCUT2D eigenvalue weighted by Crippen LogP contribution is -2.34. The van der Waals surface area contributed by atoms with Gasteiger partial charge in [0.2, 0.25) is 0 Å². The summed E-state index contributed by atoms with van der Waals surface area (Å²) < 4.78 is 12.9. The van der Waals surface area contributed by atoms with Gasteiger partial charge in [0, 0.05) is 24.8 Å². The molecule has 2 aromatic rings. The van der Waals surface area contributed by atoms with Crippen LogP contribution in [0.4, 0.5) is 5.69 Å². The normalized spacial score (nSPS) is 15.0. The van der Waals surface area contributed by atoms with Crippen molar-refractivity contribution >= 4 is 50.7 Å². The fourth-order valence-electron chi connectivity index (χ4n) is 3.10. The fraction of sp³-hybridized carbons (Fsp3) is 0.400. The van der Waals surface area contributed by atoms with E-state index < -0.39 is 5.97 Å². The number of thiophene rings is 1. The number of anilines is 1. The Labute approximate surface area is 187 Å². The van der Waals surface area contributed by atoms with Gasteiger partial charge in [-0.05, 0) is 65.2 Å². The number of ether oxygens (including phenoxy) is 2. The van der Waals surface area contributed by atoms with E-state index in [1.807, 2.05) is 22.6 Å². The molecule has 6 nitrogen and oxygen atoms in total. The van der Waals surface area contributed by atoms with Crippen LogP contribution < -0.4 is 10.1 Å². The van der Waals surface area contributed by atoms with Gasteiger partial charge in [-0.25, -0.2) is 9.21 Å². The molecule has 29 heavy (non-hydrogen) atoms. The van der Waals surface area contributed by atoms with Gasteiger partial charge in [-0.2, -0.15) is 5.26 Å². The lowest BCUT2D eigenvalue weighted by molar-refractivity contribution is -0.145. The molecule has 0 saturated carbocycles. The first-order chi connectivity index (χ1) is 14.0. The quantitative estimate of drug-likeness (QED) is 0.427. The first-order valence-electron chi connectivity index (χ1n) is 9.30.